The Hall–Kier alpha value is -3.31. The molecule has 0 amide bonds. The van der Waals surface area contributed by atoms with Crippen LogP contribution >= 0.6 is 0 Å². The van der Waals surface area contributed by atoms with Crippen molar-refractivity contribution in [1.82, 2.24) is 9.21 Å². The van der Waals surface area contributed by atoms with E-state index in [-0.39, 0.29) is 47.7 Å². The zero-order chi connectivity index (χ0) is 29.0. The van der Waals surface area contributed by atoms with Gasteiger partial charge in [0.25, 0.3) is 5.69 Å². The second-order valence-corrected chi connectivity index (χ2v) is 12.7. The van der Waals surface area contributed by atoms with Crippen LogP contribution in [0.15, 0.2) is 83.8 Å². The van der Waals surface area contributed by atoms with E-state index in [4.69, 9.17) is 9.47 Å². The van der Waals surface area contributed by atoms with Crippen LogP contribution in [-0.2, 0) is 27.7 Å². The third-order valence-corrected chi connectivity index (χ3v) is 9.85. The first-order chi connectivity index (χ1) is 19.8. The van der Waals surface area contributed by atoms with E-state index in [1.54, 1.807) is 4.31 Å². The van der Waals surface area contributed by atoms with Gasteiger partial charge in [0.1, 0.15) is 12.4 Å². The fraction of sp³-hybridized carbons (Fsp3) is 0.419. The highest BCUT2D eigenvalue weighted by Gasteiger charge is 2.60. The summed E-state index contributed by atoms with van der Waals surface area (Å²) in [7, 11) is -3.88. The number of hydrogen-bond acceptors (Lipinski definition) is 7. The molecule has 3 aromatic carbocycles. The van der Waals surface area contributed by atoms with E-state index < -0.39 is 14.9 Å². The summed E-state index contributed by atoms with van der Waals surface area (Å²) in [5, 5.41) is 11.1. The molecular formula is C31H37N3O6S. The molecular weight excluding hydrogens is 542 g/mol. The van der Waals surface area contributed by atoms with Crippen molar-refractivity contribution in [3.05, 3.63) is 100 Å². The standard InChI is InChI=1S/C31H37N3O6S/c1-3-39-23(2)19-24-9-13-27(14-10-24)40-18-17-33(41(37,38)28-15-11-26(12-16-28)34(35)36)31-29-21-32(22-30(29)31)20-25-7-5-4-6-8-25/h4-16,23,29-31H,3,17-22H2,1-2H3/t23-,29-,30+,31+/m1/s1. The molecule has 5 rings (SSSR count). The molecule has 2 aliphatic rings. The van der Waals surface area contributed by atoms with Crippen molar-refractivity contribution in [2.24, 2.45) is 11.8 Å². The molecule has 1 saturated carbocycles. The van der Waals surface area contributed by atoms with Crippen LogP contribution in [0.25, 0.3) is 0 Å². The zero-order valence-electron chi connectivity index (χ0n) is 23.5. The van der Waals surface area contributed by atoms with Crippen LogP contribution < -0.4 is 4.74 Å². The fourth-order valence-corrected chi connectivity index (χ4v) is 7.63. The van der Waals surface area contributed by atoms with Gasteiger partial charge in [0.05, 0.1) is 15.9 Å². The van der Waals surface area contributed by atoms with Gasteiger partial charge in [-0.1, -0.05) is 42.5 Å². The summed E-state index contributed by atoms with van der Waals surface area (Å²) in [6.07, 6.45) is 0.938. The average Bonchev–Trinajstić information content (AvgIpc) is 3.44. The van der Waals surface area contributed by atoms with Crippen molar-refractivity contribution in [1.29, 1.82) is 0 Å². The number of nitrogens with zero attached hydrogens (tertiary/aromatic N) is 3. The Balaban J connectivity index is 1.25. The van der Waals surface area contributed by atoms with Gasteiger partial charge in [-0.05, 0) is 67.5 Å². The quantitative estimate of drug-likeness (QED) is 0.200. The summed E-state index contributed by atoms with van der Waals surface area (Å²) in [6.45, 7) is 7.60. The lowest BCUT2D eigenvalue weighted by atomic mass is 10.1. The number of sulfonamides is 1. The summed E-state index contributed by atoms with van der Waals surface area (Å²) in [5.74, 6) is 1.17. The van der Waals surface area contributed by atoms with E-state index in [2.05, 4.69) is 17.0 Å². The lowest BCUT2D eigenvalue weighted by Crippen LogP contribution is -2.41. The van der Waals surface area contributed by atoms with Crippen molar-refractivity contribution in [2.75, 3.05) is 32.8 Å². The molecule has 9 nitrogen and oxygen atoms in total. The van der Waals surface area contributed by atoms with Crippen LogP contribution in [0.2, 0.25) is 0 Å². The minimum absolute atomic E-state index is 0.0574. The maximum atomic E-state index is 13.8. The van der Waals surface area contributed by atoms with Crippen LogP contribution in [0.5, 0.6) is 5.75 Å². The second kappa shape index (κ2) is 12.7. The lowest BCUT2D eigenvalue weighted by molar-refractivity contribution is -0.384. The SMILES string of the molecule is CCO[C@H](C)Cc1ccc(OCCN([C@H]2[C@@H]3CN(Cc4ccccc4)C[C@@H]32)S(=O)(=O)c2ccc([N+](=O)[O-])cc2)cc1. The number of likely N-dealkylation sites (tertiary alicyclic amines) is 1. The van der Waals surface area contributed by atoms with Crippen LogP contribution in [0, 0.1) is 22.0 Å². The summed E-state index contributed by atoms with van der Waals surface area (Å²) < 4.78 is 40.8. The molecule has 0 bridgehead atoms. The van der Waals surface area contributed by atoms with Crippen molar-refractivity contribution in [3.8, 4) is 5.75 Å². The van der Waals surface area contributed by atoms with Crippen molar-refractivity contribution < 1.29 is 22.8 Å². The van der Waals surface area contributed by atoms with E-state index in [9.17, 15) is 18.5 Å². The highest BCUT2D eigenvalue weighted by Crippen LogP contribution is 2.50. The maximum absolute atomic E-state index is 13.8. The Morgan fingerprint density at radius 1 is 0.976 bits per heavy atom. The number of benzene rings is 3. The number of non-ortho nitro benzene ring substituents is 1. The van der Waals surface area contributed by atoms with Crippen molar-refractivity contribution in [2.45, 2.75) is 43.9 Å². The molecule has 10 heteroatoms. The molecule has 1 aliphatic carbocycles. The topological polar surface area (TPSA) is 102 Å². The molecule has 1 heterocycles. The van der Waals surface area contributed by atoms with Crippen LogP contribution in [0.1, 0.15) is 25.0 Å². The Morgan fingerprint density at radius 3 is 2.24 bits per heavy atom. The first-order valence-corrected chi connectivity index (χ1v) is 15.6. The van der Waals surface area contributed by atoms with Gasteiger partial charge >= 0.3 is 0 Å². The number of piperidine rings is 1. The number of ether oxygens (including phenoxy) is 2. The van der Waals surface area contributed by atoms with Crippen molar-refractivity contribution in [3.63, 3.8) is 0 Å². The van der Waals surface area contributed by atoms with E-state index in [0.717, 1.165) is 31.6 Å². The molecule has 0 radical (unpaired) electrons. The maximum Gasteiger partial charge on any atom is 0.269 e. The molecule has 1 aliphatic heterocycles. The molecule has 0 spiro atoms. The van der Waals surface area contributed by atoms with Gasteiger partial charge in [0.2, 0.25) is 10.0 Å². The largest absolute Gasteiger partial charge is 0.492 e. The molecule has 1 saturated heterocycles. The number of hydrogen-bond donors (Lipinski definition) is 0. The summed E-state index contributed by atoms with van der Waals surface area (Å²) >= 11 is 0. The number of rotatable bonds is 14. The first kappa shape index (κ1) is 29.2. The van der Waals surface area contributed by atoms with Crippen LogP contribution in [0.4, 0.5) is 5.69 Å². The Kier molecular flexibility index (Phi) is 9.03. The molecule has 41 heavy (non-hydrogen) atoms. The molecule has 0 unspecified atom stereocenters. The highest BCUT2D eigenvalue weighted by atomic mass is 32.2. The fourth-order valence-electron chi connectivity index (χ4n) is 5.94. The predicted molar refractivity (Wildman–Crippen MR) is 156 cm³/mol. The minimum atomic E-state index is -3.88. The Labute approximate surface area is 241 Å². The Bertz CT molecular complexity index is 1400. The normalized spacial score (nSPS) is 21.0. The number of nitro benzene ring substituents is 1. The van der Waals surface area contributed by atoms with Crippen LogP contribution in [0.3, 0.4) is 0 Å². The lowest BCUT2D eigenvalue weighted by Gasteiger charge is -2.27. The summed E-state index contributed by atoms with van der Waals surface area (Å²) in [6, 6.07) is 23.1. The average molecular weight is 580 g/mol. The van der Waals surface area contributed by atoms with E-state index in [0.29, 0.717) is 12.4 Å². The molecule has 3 aromatic rings. The van der Waals surface area contributed by atoms with Gasteiger partial charge in [0.15, 0.2) is 0 Å². The first-order valence-electron chi connectivity index (χ1n) is 14.1. The number of fused-ring (bicyclic) bond motifs is 1. The minimum Gasteiger partial charge on any atom is -0.492 e. The second-order valence-electron chi connectivity index (χ2n) is 10.8. The van der Waals surface area contributed by atoms with Gasteiger partial charge in [0, 0.05) is 51.0 Å². The molecule has 4 atom stereocenters. The molecule has 218 valence electrons. The van der Waals surface area contributed by atoms with Crippen LogP contribution in [-0.4, -0.2) is 67.5 Å². The van der Waals surface area contributed by atoms with Gasteiger partial charge in [-0.25, -0.2) is 8.42 Å². The number of nitro groups is 1. The van der Waals surface area contributed by atoms with Crippen molar-refractivity contribution >= 4 is 15.7 Å². The van der Waals surface area contributed by atoms with Gasteiger partial charge in [-0.3, -0.25) is 15.0 Å². The molecule has 2 fully saturated rings. The smallest absolute Gasteiger partial charge is 0.269 e. The third-order valence-electron chi connectivity index (χ3n) is 7.94. The van der Waals surface area contributed by atoms with E-state index in [1.807, 2.05) is 56.3 Å². The van der Waals surface area contributed by atoms with Gasteiger partial charge in [-0.2, -0.15) is 4.31 Å². The van der Waals surface area contributed by atoms with E-state index >= 15 is 0 Å². The summed E-state index contributed by atoms with van der Waals surface area (Å²) in [4.78, 5) is 13.0. The Morgan fingerprint density at radius 2 is 1.63 bits per heavy atom. The predicted octanol–water partition coefficient (Wildman–Crippen LogP) is 4.76. The van der Waals surface area contributed by atoms with E-state index in [1.165, 1.54) is 29.8 Å². The molecule has 0 aromatic heterocycles. The third kappa shape index (κ3) is 6.95. The van der Waals surface area contributed by atoms with Gasteiger partial charge < -0.3 is 9.47 Å². The van der Waals surface area contributed by atoms with Gasteiger partial charge in [-0.15, -0.1) is 0 Å². The molecule has 0 N–H and O–H groups in total. The summed E-state index contributed by atoms with van der Waals surface area (Å²) in [5.41, 5.74) is 2.25. The zero-order valence-corrected chi connectivity index (χ0v) is 24.3. The monoisotopic (exact) mass is 579 g/mol. The highest BCUT2D eigenvalue weighted by molar-refractivity contribution is 7.89.